The van der Waals surface area contributed by atoms with E-state index in [0.717, 1.165) is 6.92 Å². The van der Waals surface area contributed by atoms with Crippen LogP contribution in [-0.4, -0.2) is 43.1 Å². The maximum Gasteiger partial charge on any atom is 0.344 e. The minimum absolute atomic E-state index is 0.0554. The van der Waals surface area contributed by atoms with Crippen molar-refractivity contribution in [1.82, 2.24) is 5.32 Å². The van der Waals surface area contributed by atoms with Crippen molar-refractivity contribution in [2.45, 2.75) is 32.7 Å². The Morgan fingerprint density at radius 3 is 2.27 bits per heavy atom. The van der Waals surface area contributed by atoms with Gasteiger partial charge in [0, 0.05) is 30.9 Å². The SMILES string of the molecule is CCOC(=O)C(Cc1cc2ccc(=O)oc2cc1OC(C)=O)(NC=O)C(=O)OCC. The number of ether oxygens (including phenoxy) is 3. The third-order valence-electron chi connectivity index (χ3n) is 4.06. The fourth-order valence-electron chi connectivity index (χ4n) is 2.82. The Morgan fingerprint density at radius 2 is 1.73 bits per heavy atom. The Kier molecular flexibility index (Phi) is 7.29. The van der Waals surface area contributed by atoms with Crippen molar-refractivity contribution < 1.29 is 37.8 Å². The minimum atomic E-state index is -2.22. The van der Waals surface area contributed by atoms with E-state index in [1.165, 1.54) is 38.1 Å². The van der Waals surface area contributed by atoms with Gasteiger partial charge in [-0.05, 0) is 31.5 Å². The van der Waals surface area contributed by atoms with Crippen molar-refractivity contribution in [3.63, 3.8) is 0 Å². The molecule has 1 N–H and O–H groups in total. The van der Waals surface area contributed by atoms with Crippen molar-refractivity contribution in [1.29, 1.82) is 0 Å². The number of amides is 1. The van der Waals surface area contributed by atoms with Gasteiger partial charge in [0.25, 0.3) is 0 Å². The molecule has 0 radical (unpaired) electrons. The van der Waals surface area contributed by atoms with Crippen LogP contribution in [-0.2, 0) is 35.1 Å². The summed E-state index contributed by atoms with van der Waals surface area (Å²) < 4.78 is 20.3. The van der Waals surface area contributed by atoms with Crippen LogP contribution in [0.15, 0.2) is 33.5 Å². The molecule has 0 fully saturated rings. The maximum absolute atomic E-state index is 12.7. The third-order valence-corrected chi connectivity index (χ3v) is 4.06. The first-order valence-corrected chi connectivity index (χ1v) is 9.08. The van der Waals surface area contributed by atoms with Crippen molar-refractivity contribution in [2.24, 2.45) is 0 Å². The Hall–Kier alpha value is -3.69. The molecule has 10 heteroatoms. The number of rotatable bonds is 9. The molecule has 0 atom stereocenters. The maximum atomic E-state index is 12.7. The molecule has 0 saturated heterocycles. The summed E-state index contributed by atoms with van der Waals surface area (Å²) in [6, 6.07) is 5.41. The average molecular weight is 419 g/mol. The number of hydrogen-bond acceptors (Lipinski definition) is 9. The Balaban J connectivity index is 2.69. The lowest BCUT2D eigenvalue weighted by Crippen LogP contribution is -2.60. The zero-order valence-corrected chi connectivity index (χ0v) is 16.7. The molecule has 1 aromatic heterocycles. The van der Waals surface area contributed by atoms with Crippen molar-refractivity contribution in [2.75, 3.05) is 13.2 Å². The lowest BCUT2D eigenvalue weighted by atomic mass is 9.89. The molecule has 0 spiro atoms. The molecular formula is C20H21NO9. The average Bonchev–Trinajstić information content (AvgIpc) is 2.68. The lowest BCUT2D eigenvalue weighted by Gasteiger charge is -2.29. The van der Waals surface area contributed by atoms with Crippen LogP contribution in [0.3, 0.4) is 0 Å². The van der Waals surface area contributed by atoms with Crippen LogP contribution in [0.2, 0.25) is 0 Å². The smallest absolute Gasteiger partial charge is 0.344 e. The predicted molar refractivity (Wildman–Crippen MR) is 103 cm³/mol. The Morgan fingerprint density at radius 1 is 1.10 bits per heavy atom. The molecule has 30 heavy (non-hydrogen) atoms. The highest BCUT2D eigenvalue weighted by molar-refractivity contribution is 6.07. The first-order chi connectivity index (χ1) is 14.3. The van der Waals surface area contributed by atoms with E-state index in [4.69, 9.17) is 18.6 Å². The van der Waals surface area contributed by atoms with E-state index < -0.39 is 35.5 Å². The van der Waals surface area contributed by atoms with Crippen LogP contribution >= 0.6 is 0 Å². The predicted octanol–water partition coefficient (Wildman–Crippen LogP) is 0.872. The molecule has 1 amide bonds. The number of benzene rings is 1. The zero-order chi connectivity index (χ0) is 22.3. The van der Waals surface area contributed by atoms with Crippen molar-refractivity contribution >= 4 is 35.3 Å². The molecule has 0 aliphatic heterocycles. The number of esters is 3. The molecule has 0 saturated carbocycles. The quantitative estimate of drug-likeness (QED) is 0.206. The minimum Gasteiger partial charge on any atom is -0.464 e. The van der Waals surface area contributed by atoms with E-state index in [2.05, 4.69) is 5.32 Å². The summed E-state index contributed by atoms with van der Waals surface area (Å²) in [6.07, 6.45) is -0.263. The highest BCUT2D eigenvalue weighted by Gasteiger charge is 2.49. The topological polar surface area (TPSA) is 138 Å². The number of nitrogens with one attached hydrogen (secondary N) is 1. The van der Waals surface area contributed by atoms with Gasteiger partial charge in [-0.2, -0.15) is 0 Å². The normalized spacial score (nSPS) is 10.9. The summed E-state index contributed by atoms with van der Waals surface area (Å²) >= 11 is 0. The highest BCUT2D eigenvalue weighted by atomic mass is 16.6. The van der Waals surface area contributed by atoms with Crippen LogP contribution in [0.1, 0.15) is 26.3 Å². The molecule has 0 aliphatic carbocycles. The molecule has 10 nitrogen and oxygen atoms in total. The van der Waals surface area contributed by atoms with Gasteiger partial charge in [0.2, 0.25) is 11.9 Å². The monoisotopic (exact) mass is 419 g/mol. The van der Waals surface area contributed by atoms with E-state index in [-0.39, 0.29) is 36.5 Å². The molecule has 0 unspecified atom stereocenters. The summed E-state index contributed by atoms with van der Waals surface area (Å²) in [5.74, 6) is -2.82. The fraction of sp³-hybridized carbons (Fsp3) is 0.350. The molecule has 1 aromatic carbocycles. The van der Waals surface area contributed by atoms with Gasteiger partial charge in [0.1, 0.15) is 11.3 Å². The van der Waals surface area contributed by atoms with Gasteiger partial charge in [-0.15, -0.1) is 0 Å². The van der Waals surface area contributed by atoms with Gasteiger partial charge in [-0.1, -0.05) is 0 Å². The molecule has 0 aliphatic rings. The summed E-state index contributed by atoms with van der Waals surface area (Å²) in [6.45, 7) is 4.12. The van der Waals surface area contributed by atoms with Crippen LogP contribution < -0.4 is 15.7 Å². The molecule has 2 aromatic rings. The molecular weight excluding hydrogens is 398 g/mol. The largest absolute Gasteiger partial charge is 0.464 e. The van der Waals surface area contributed by atoms with E-state index >= 15 is 0 Å². The van der Waals surface area contributed by atoms with Gasteiger partial charge in [0.05, 0.1) is 13.2 Å². The second kappa shape index (κ2) is 9.68. The van der Waals surface area contributed by atoms with Crippen LogP contribution in [0.4, 0.5) is 0 Å². The number of carbonyl (C=O) groups excluding carboxylic acids is 4. The van der Waals surface area contributed by atoms with Gasteiger partial charge in [-0.25, -0.2) is 14.4 Å². The third kappa shape index (κ3) is 4.83. The first-order valence-electron chi connectivity index (χ1n) is 9.08. The second-order valence-electron chi connectivity index (χ2n) is 6.13. The Bertz CT molecular complexity index is 1010. The second-order valence-corrected chi connectivity index (χ2v) is 6.13. The van der Waals surface area contributed by atoms with Gasteiger partial charge < -0.3 is 23.9 Å². The molecule has 0 bridgehead atoms. The lowest BCUT2D eigenvalue weighted by molar-refractivity contribution is -0.167. The first kappa shape index (κ1) is 22.6. The Labute approximate surface area is 171 Å². The van der Waals surface area contributed by atoms with E-state index in [1.54, 1.807) is 0 Å². The van der Waals surface area contributed by atoms with Crippen LogP contribution in [0, 0.1) is 0 Å². The van der Waals surface area contributed by atoms with Gasteiger partial charge >= 0.3 is 23.5 Å². The van der Waals surface area contributed by atoms with E-state index in [9.17, 15) is 24.0 Å². The summed E-state index contributed by atoms with van der Waals surface area (Å²) in [7, 11) is 0. The van der Waals surface area contributed by atoms with Gasteiger partial charge in [-0.3, -0.25) is 9.59 Å². The van der Waals surface area contributed by atoms with Crippen LogP contribution in [0.5, 0.6) is 5.75 Å². The molecule has 160 valence electrons. The summed E-state index contributed by atoms with van der Waals surface area (Å²) in [5.41, 5.74) is -2.50. The fourth-order valence-corrected chi connectivity index (χ4v) is 2.82. The molecule has 2 rings (SSSR count). The molecule has 1 heterocycles. The van der Waals surface area contributed by atoms with E-state index in [1.807, 2.05) is 0 Å². The van der Waals surface area contributed by atoms with Crippen molar-refractivity contribution in [3.05, 3.63) is 40.2 Å². The summed E-state index contributed by atoms with van der Waals surface area (Å²) in [5, 5.41) is 2.65. The van der Waals surface area contributed by atoms with Gasteiger partial charge in [0.15, 0.2) is 0 Å². The number of carbonyl (C=O) groups is 4. The van der Waals surface area contributed by atoms with Crippen LogP contribution in [0.25, 0.3) is 11.0 Å². The standard InChI is InChI=1S/C20H21NO9/c1-4-27-18(25)20(21-11-22,19(26)28-5-2)10-14-8-13-6-7-17(24)30-15(13)9-16(14)29-12(3)23/h6-9,11H,4-5,10H2,1-3H3,(H,21,22). The van der Waals surface area contributed by atoms with E-state index in [0.29, 0.717) is 5.39 Å². The number of hydrogen-bond donors (Lipinski definition) is 1. The zero-order valence-electron chi connectivity index (χ0n) is 16.7. The highest BCUT2D eigenvalue weighted by Crippen LogP contribution is 2.30. The number of fused-ring (bicyclic) bond motifs is 1. The summed E-state index contributed by atoms with van der Waals surface area (Å²) in [4.78, 5) is 59.7. The van der Waals surface area contributed by atoms with Crippen molar-refractivity contribution in [3.8, 4) is 5.75 Å².